The van der Waals surface area contributed by atoms with Gasteiger partial charge in [-0.1, -0.05) is 42.1 Å². The Labute approximate surface area is 189 Å². The van der Waals surface area contributed by atoms with Crippen molar-refractivity contribution >= 4 is 28.7 Å². The maximum absolute atomic E-state index is 13.1. The largest absolute Gasteiger partial charge is 0.492 e. The van der Waals surface area contributed by atoms with Crippen molar-refractivity contribution in [2.24, 2.45) is 0 Å². The van der Waals surface area contributed by atoms with Gasteiger partial charge in [0.15, 0.2) is 10.8 Å². The van der Waals surface area contributed by atoms with Gasteiger partial charge in [0.1, 0.15) is 12.4 Å². The van der Waals surface area contributed by atoms with Crippen LogP contribution in [0.4, 0.5) is 0 Å². The number of hydrogen-bond acceptors (Lipinski definition) is 6. The average molecular weight is 447 g/mol. The smallest absolute Gasteiger partial charge is 0.268 e. The number of nitrogens with one attached hydrogen (secondary N) is 1. The Morgan fingerprint density at radius 1 is 1.09 bits per heavy atom. The van der Waals surface area contributed by atoms with Crippen LogP contribution in [0.5, 0.6) is 5.75 Å². The van der Waals surface area contributed by atoms with E-state index < -0.39 is 0 Å². The molecule has 2 aromatic carbocycles. The first kappa shape index (κ1) is 21.6. The number of pyridine rings is 1. The molecule has 1 N–H and O–H groups in total. The molecule has 0 aliphatic carbocycles. The SMILES string of the molecule is Cc1cccc(OCCNC(=O)CSc2nc3ncccc3c(=O)n2-c2ccccc2)c1. The minimum atomic E-state index is -0.219. The molecule has 7 nitrogen and oxygen atoms in total. The molecule has 0 fully saturated rings. The zero-order valence-corrected chi connectivity index (χ0v) is 18.3. The van der Waals surface area contributed by atoms with E-state index in [1.165, 1.54) is 16.3 Å². The van der Waals surface area contributed by atoms with Gasteiger partial charge in [0.05, 0.1) is 23.4 Å². The molecule has 162 valence electrons. The van der Waals surface area contributed by atoms with Crippen LogP contribution in [0.2, 0.25) is 0 Å². The molecule has 32 heavy (non-hydrogen) atoms. The fourth-order valence-corrected chi connectivity index (χ4v) is 3.98. The monoisotopic (exact) mass is 446 g/mol. The Kier molecular flexibility index (Phi) is 6.81. The highest BCUT2D eigenvalue weighted by Gasteiger charge is 2.15. The number of carbonyl (C=O) groups is 1. The maximum atomic E-state index is 13.1. The summed E-state index contributed by atoms with van der Waals surface area (Å²) >= 11 is 1.19. The number of rotatable bonds is 8. The Morgan fingerprint density at radius 3 is 2.75 bits per heavy atom. The number of fused-ring (bicyclic) bond motifs is 1. The van der Waals surface area contributed by atoms with Gasteiger partial charge in [0.2, 0.25) is 5.91 Å². The van der Waals surface area contributed by atoms with Gasteiger partial charge in [-0.25, -0.2) is 9.97 Å². The fourth-order valence-electron chi connectivity index (χ4n) is 3.15. The molecule has 0 spiro atoms. The highest BCUT2D eigenvalue weighted by atomic mass is 32.2. The third-order valence-electron chi connectivity index (χ3n) is 4.64. The number of thioether (sulfide) groups is 1. The van der Waals surface area contributed by atoms with E-state index in [1.54, 1.807) is 18.3 Å². The molecule has 0 aliphatic heterocycles. The van der Waals surface area contributed by atoms with E-state index in [2.05, 4.69) is 15.3 Å². The second kappa shape index (κ2) is 10.1. The van der Waals surface area contributed by atoms with Crippen molar-refractivity contribution < 1.29 is 9.53 Å². The summed E-state index contributed by atoms with van der Waals surface area (Å²) in [5.74, 6) is 0.716. The number of aryl methyl sites for hydroxylation is 1. The summed E-state index contributed by atoms with van der Waals surface area (Å²) in [6, 6.07) is 20.4. The molecule has 0 saturated heterocycles. The summed E-state index contributed by atoms with van der Waals surface area (Å²) in [4.78, 5) is 34.2. The quantitative estimate of drug-likeness (QED) is 0.254. The molecule has 0 bridgehead atoms. The van der Waals surface area contributed by atoms with Gasteiger partial charge in [0, 0.05) is 6.20 Å². The van der Waals surface area contributed by atoms with Gasteiger partial charge in [-0.2, -0.15) is 0 Å². The van der Waals surface area contributed by atoms with Gasteiger partial charge in [-0.05, 0) is 48.9 Å². The van der Waals surface area contributed by atoms with Crippen LogP contribution in [0.1, 0.15) is 5.56 Å². The van der Waals surface area contributed by atoms with E-state index in [9.17, 15) is 9.59 Å². The molecular formula is C24H22N4O3S. The minimum absolute atomic E-state index is 0.113. The number of carbonyl (C=O) groups excluding carboxylic acids is 1. The van der Waals surface area contributed by atoms with E-state index in [-0.39, 0.29) is 17.2 Å². The number of benzene rings is 2. The fraction of sp³-hybridized carbons (Fsp3) is 0.167. The zero-order valence-electron chi connectivity index (χ0n) is 17.5. The molecule has 4 rings (SSSR count). The maximum Gasteiger partial charge on any atom is 0.268 e. The number of amides is 1. The minimum Gasteiger partial charge on any atom is -0.492 e. The van der Waals surface area contributed by atoms with Gasteiger partial charge >= 0.3 is 0 Å². The van der Waals surface area contributed by atoms with Crippen LogP contribution < -0.4 is 15.6 Å². The zero-order chi connectivity index (χ0) is 22.3. The van der Waals surface area contributed by atoms with E-state index in [0.717, 1.165) is 11.3 Å². The van der Waals surface area contributed by atoms with Crippen molar-refractivity contribution in [3.05, 3.63) is 88.8 Å². The lowest BCUT2D eigenvalue weighted by atomic mass is 10.2. The lowest BCUT2D eigenvalue weighted by molar-refractivity contribution is -0.118. The number of ether oxygens (including phenoxy) is 1. The van der Waals surface area contributed by atoms with E-state index >= 15 is 0 Å². The standard InChI is InChI=1S/C24H22N4O3S/c1-17-7-5-10-19(15-17)31-14-13-25-21(29)16-32-24-27-22-20(11-6-12-26-22)23(30)28(24)18-8-3-2-4-9-18/h2-12,15H,13-14,16H2,1H3,(H,25,29). The summed E-state index contributed by atoms with van der Waals surface area (Å²) in [6.45, 7) is 2.75. The first-order chi connectivity index (χ1) is 15.6. The summed E-state index contributed by atoms with van der Waals surface area (Å²) in [5.41, 5.74) is 1.94. The molecule has 2 heterocycles. The Balaban J connectivity index is 1.43. The Bertz CT molecular complexity index is 1290. The molecule has 0 saturated carbocycles. The molecule has 8 heteroatoms. The van der Waals surface area contributed by atoms with Crippen molar-refractivity contribution in [1.82, 2.24) is 19.9 Å². The highest BCUT2D eigenvalue weighted by Crippen LogP contribution is 2.20. The molecular weight excluding hydrogens is 424 g/mol. The number of para-hydroxylation sites is 1. The van der Waals surface area contributed by atoms with E-state index in [0.29, 0.717) is 35.0 Å². The summed E-state index contributed by atoms with van der Waals surface area (Å²) < 4.78 is 7.17. The third-order valence-corrected chi connectivity index (χ3v) is 5.58. The van der Waals surface area contributed by atoms with Crippen LogP contribution in [0.15, 0.2) is 82.9 Å². The molecule has 0 radical (unpaired) electrons. The van der Waals surface area contributed by atoms with Gasteiger partial charge in [-0.3, -0.25) is 14.2 Å². The number of aromatic nitrogens is 3. The predicted molar refractivity (Wildman–Crippen MR) is 126 cm³/mol. The molecule has 0 atom stereocenters. The van der Waals surface area contributed by atoms with Crippen LogP contribution in [0, 0.1) is 6.92 Å². The van der Waals surface area contributed by atoms with E-state index in [1.807, 2.05) is 61.5 Å². The molecule has 4 aromatic rings. The molecule has 0 aliphatic rings. The van der Waals surface area contributed by atoms with Crippen LogP contribution in [-0.4, -0.2) is 39.3 Å². The first-order valence-corrected chi connectivity index (χ1v) is 11.1. The molecule has 0 unspecified atom stereocenters. The van der Waals surface area contributed by atoms with Crippen LogP contribution in [0.3, 0.4) is 0 Å². The Morgan fingerprint density at radius 2 is 1.94 bits per heavy atom. The second-order valence-corrected chi connectivity index (χ2v) is 7.99. The van der Waals surface area contributed by atoms with Crippen molar-refractivity contribution in [3.63, 3.8) is 0 Å². The summed E-state index contributed by atoms with van der Waals surface area (Å²) in [5, 5.41) is 3.68. The molecule has 2 aromatic heterocycles. The van der Waals surface area contributed by atoms with E-state index in [4.69, 9.17) is 4.74 Å². The predicted octanol–water partition coefficient (Wildman–Crippen LogP) is 3.38. The van der Waals surface area contributed by atoms with Gasteiger partial charge in [-0.15, -0.1) is 0 Å². The van der Waals surface area contributed by atoms with Gasteiger partial charge in [0.25, 0.3) is 5.56 Å². The number of hydrogen-bond donors (Lipinski definition) is 1. The normalized spacial score (nSPS) is 10.8. The average Bonchev–Trinajstić information content (AvgIpc) is 2.81. The van der Waals surface area contributed by atoms with Gasteiger partial charge < -0.3 is 10.1 Å². The summed E-state index contributed by atoms with van der Waals surface area (Å²) in [7, 11) is 0. The lowest BCUT2D eigenvalue weighted by Crippen LogP contribution is -2.30. The van der Waals surface area contributed by atoms with Crippen molar-refractivity contribution in [1.29, 1.82) is 0 Å². The van der Waals surface area contributed by atoms with Crippen LogP contribution >= 0.6 is 11.8 Å². The second-order valence-electron chi connectivity index (χ2n) is 7.05. The highest BCUT2D eigenvalue weighted by molar-refractivity contribution is 7.99. The van der Waals surface area contributed by atoms with Crippen molar-refractivity contribution in [2.75, 3.05) is 18.9 Å². The summed E-state index contributed by atoms with van der Waals surface area (Å²) in [6.07, 6.45) is 1.59. The van der Waals surface area contributed by atoms with Crippen molar-refractivity contribution in [3.8, 4) is 11.4 Å². The lowest BCUT2D eigenvalue weighted by Gasteiger charge is -2.13. The van der Waals surface area contributed by atoms with Crippen LogP contribution in [0.25, 0.3) is 16.7 Å². The third kappa shape index (κ3) is 5.15. The topological polar surface area (TPSA) is 86.1 Å². The first-order valence-electron chi connectivity index (χ1n) is 10.1. The van der Waals surface area contributed by atoms with Crippen molar-refractivity contribution in [2.45, 2.75) is 12.1 Å². The number of nitrogens with zero attached hydrogens (tertiary/aromatic N) is 3. The molecule has 1 amide bonds. The van der Waals surface area contributed by atoms with Crippen LogP contribution in [-0.2, 0) is 4.79 Å². The Hall–Kier alpha value is -3.65.